The van der Waals surface area contributed by atoms with E-state index in [1.807, 2.05) is 45.0 Å². The van der Waals surface area contributed by atoms with Gasteiger partial charge in [-0.3, -0.25) is 9.59 Å². The fourth-order valence-corrected chi connectivity index (χ4v) is 2.52. The lowest BCUT2D eigenvalue weighted by Crippen LogP contribution is -2.58. The number of hydrogen-bond acceptors (Lipinski definition) is 2. The lowest BCUT2D eigenvalue weighted by molar-refractivity contribution is -0.155. The Bertz CT molecular complexity index is 496. The zero-order valence-corrected chi connectivity index (χ0v) is 12.4. The summed E-state index contributed by atoms with van der Waals surface area (Å²) in [5, 5.41) is 0. The summed E-state index contributed by atoms with van der Waals surface area (Å²) < 4.78 is 0. The lowest BCUT2D eigenvalue weighted by Gasteiger charge is -2.38. The van der Waals surface area contributed by atoms with E-state index in [0.29, 0.717) is 13.1 Å². The van der Waals surface area contributed by atoms with Gasteiger partial charge in [-0.25, -0.2) is 0 Å². The van der Waals surface area contributed by atoms with Crippen molar-refractivity contribution in [2.75, 3.05) is 13.1 Å². The Morgan fingerprint density at radius 1 is 1.20 bits per heavy atom. The number of carbonyl (C=O) groups excluding carboxylic acids is 2. The molecule has 1 aliphatic rings. The zero-order chi connectivity index (χ0) is 14.7. The van der Waals surface area contributed by atoms with Gasteiger partial charge in [-0.15, -0.1) is 0 Å². The predicted molar refractivity (Wildman–Crippen MR) is 78.1 cm³/mol. The molecule has 0 N–H and O–H groups in total. The molecule has 2 rings (SSSR count). The highest BCUT2D eigenvalue weighted by Gasteiger charge is 2.35. The Labute approximate surface area is 120 Å². The molecule has 0 unspecified atom stereocenters. The van der Waals surface area contributed by atoms with Crippen LogP contribution in [-0.2, 0) is 16.1 Å². The molecule has 4 nitrogen and oxygen atoms in total. The van der Waals surface area contributed by atoms with Crippen LogP contribution in [0, 0.1) is 6.92 Å². The maximum Gasteiger partial charge on any atom is 0.245 e. The highest BCUT2D eigenvalue weighted by molar-refractivity contribution is 5.94. The lowest BCUT2D eigenvalue weighted by atomic mass is 10.1. The second kappa shape index (κ2) is 6.07. The van der Waals surface area contributed by atoms with E-state index in [1.54, 1.807) is 9.80 Å². The van der Waals surface area contributed by atoms with Gasteiger partial charge in [-0.1, -0.05) is 36.8 Å². The van der Waals surface area contributed by atoms with Crippen molar-refractivity contribution >= 4 is 11.8 Å². The summed E-state index contributed by atoms with van der Waals surface area (Å²) in [6.07, 6.45) is 0.879. The SMILES string of the molecule is CCCN1CC(=O)N(Cc2ccc(C)cc2)[C@H](C)C1=O. The maximum atomic E-state index is 12.2. The number of piperazine rings is 1. The molecule has 1 aromatic rings. The first-order valence-corrected chi connectivity index (χ1v) is 7.16. The molecule has 108 valence electrons. The third-order valence-corrected chi connectivity index (χ3v) is 3.75. The molecule has 1 atom stereocenters. The number of nitrogens with zero attached hydrogens (tertiary/aromatic N) is 2. The predicted octanol–water partition coefficient (Wildman–Crippen LogP) is 1.96. The van der Waals surface area contributed by atoms with Crippen LogP contribution < -0.4 is 0 Å². The molecule has 0 aromatic heterocycles. The molecule has 0 saturated carbocycles. The van der Waals surface area contributed by atoms with E-state index in [4.69, 9.17) is 0 Å². The third kappa shape index (κ3) is 3.00. The summed E-state index contributed by atoms with van der Waals surface area (Å²) >= 11 is 0. The average molecular weight is 274 g/mol. The Morgan fingerprint density at radius 2 is 1.85 bits per heavy atom. The summed E-state index contributed by atoms with van der Waals surface area (Å²) in [5.41, 5.74) is 2.25. The van der Waals surface area contributed by atoms with Crippen molar-refractivity contribution in [1.82, 2.24) is 9.80 Å². The third-order valence-electron chi connectivity index (χ3n) is 3.75. The van der Waals surface area contributed by atoms with E-state index < -0.39 is 0 Å². The topological polar surface area (TPSA) is 40.6 Å². The zero-order valence-electron chi connectivity index (χ0n) is 12.4. The molecule has 4 heteroatoms. The van der Waals surface area contributed by atoms with Crippen LogP contribution >= 0.6 is 0 Å². The van der Waals surface area contributed by atoms with Gasteiger partial charge in [-0.05, 0) is 25.8 Å². The van der Waals surface area contributed by atoms with Crippen molar-refractivity contribution in [1.29, 1.82) is 0 Å². The normalized spacial score (nSPS) is 19.6. The molecule has 1 fully saturated rings. The van der Waals surface area contributed by atoms with E-state index in [0.717, 1.165) is 12.0 Å². The van der Waals surface area contributed by atoms with Gasteiger partial charge >= 0.3 is 0 Å². The molecule has 0 bridgehead atoms. The fraction of sp³-hybridized carbons (Fsp3) is 0.500. The quantitative estimate of drug-likeness (QED) is 0.842. The van der Waals surface area contributed by atoms with Crippen LogP contribution in [0.25, 0.3) is 0 Å². The number of rotatable bonds is 4. The highest BCUT2D eigenvalue weighted by Crippen LogP contribution is 2.16. The molecular weight excluding hydrogens is 252 g/mol. The van der Waals surface area contributed by atoms with Gasteiger partial charge in [0.25, 0.3) is 0 Å². The van der Waals surface area contributed by atoms with E-state index in [1.165, 1.54) is 5.56 Å². The Hall–Kier alpha value is -1.84. The molecular formula is C16H22N2O2. The van der Waals surface area contributed by atoms with E-state index in [9.17, 15) is 9.59 Å². The van der Waals surface area contributed by atoms with Gasteiger partial charge in [0, 0.05) is 13.1 Å². The molecule has 0 aliphatic carbocycles. The minimum Gasteiger partial charge on any atom is -0.332 e. The summed E-state index contributed by atoms with van der Waals surface area (Å²) in [4.78, 5) is 27.8. The number of benzene rings is 1. The van der Waals surface area contributed by atoms with Crippen LogP contribution in [0.5, 0.6) is 0 Å². The Balaban J connectivity index is 2.10. The first-order valence-electron chi connectivity index (χ1n) is 7.16. The molecule has 2 amide bonds. The van der Waals surface area contributed by atoms with E-state index >= 15 is 0 Å². The van der Waals surface area contributed by atoms with Crippen molar-refractivity contribution in [3.63, 3.8) is 0 Å². The molecule has 1 heterocycles. The van der Waals surface area contributed by atoms with Gasteiger partial charge in [0.15, 0.2) is 0 Å². The van der Waals surface area contributed by atoms with Gasteiger partial charge in [0.05, 0.1) is 6.54 Å². The molecule has 1 aromatic carbocycles. The number of carbonyl (C=O) groups is 2. The van der Waals surface area contributed by atoms with Crippen LogP contribution in [0.2, 0.25) is 0 Å². The van der Waals surface area contributed by atoms with Crippen molar-refractivity contribution in [3.8, 4) is 0 Å². The van der Waals surface area contributed by atoms with Crippen LogP contribution in [0.4, 0.5) is 0 Å². The standard InChI is InChI=1S/C16H22N2O2/c1-4-9-17-11-15(19)18(13(3)16(17)20)10-14-7-5-12(2)6-8-14/h5-8,13H,4,9-11H2,1-3H3/t13-/m1/s1. The summed E-state index contributed by atoms with van der Waals surface area (Å²) in [5.74, 6) is 0.0877. The first kappa shape index (κ1) is 14.6. The van der Waals surface area contributed by atoms with Gasteiger partial charge in [0.1, 0.15) is 6.04 Å². The smallest absolute Gasteiger partial charge is 0.245 e. The maximum absolute atomic E-state index is 12.2. The van der Waals surface area contributed by atoms with Gasteiger partial charge < -0.3 is 9.80 Å². The molecule has 1 saturated heterocycles. The van der Waals surface area contributed by atoms with Gasteiger partial charge in [0.2, 0.25) is 11.8 Å². The highest BCUT2D eigenvalue weighted by atomic mass is 16.2. The van der Waals surface area contributed by atoms with Crippen molar-refractivity contribution in [3.05, 3.63) is 35.4 Å². The Morgan fingerprint density at radius 3 is 2.45 bits per heavy atom. The second-order valence-corrected chi connectivity index (χ2v) is 5.44. The molecule has 0 radical (unpaired) electrons. The largest absolute Gasteiger partial charge is 0.332 e. The fourth-order valence-electron chi connectivity index (χ4n) is 2.52. The number of amides is 2. The number of aryl methyl sites for hydroxylation is 1. The van der Waals surface area contributed by atoms with E-state index in [2.05, 4.69) is 0 Å². The molecule has 20 heavy (non-hydrogen) atoms. The summed E-state index contributed by atoms with van der Waals surface area (Å²) in [7, 11) is 0. The average Bonchev–Trinajstić information content (AvgIpc) is 2.43. The van der Waals surface area contributed by atoms with Crippen LogP contribution in [0.3, 0.4) is 0 Å². The molecule has 1 aliphatic heterocycles. The summed E-state index contributed by atoms with van der Waals surface area (Å²) in [6.45, 7) is 7.24. The second-order valence-electron chi connectivity index (χ2n) is 5.44. The number of hydrogen-bond donors (Lipinski definition) is 0. The van der Waals surface area contributed by atoms with Crippen molar-refractivity contribution in [2.24, 2.45) is 0 Å². The van der Waals surface area contributed by atoms with E-state index in [-0.39, 0.29) is 24.4 Å². The summed E-state index contributed by atoms with van der Waals surface area (Å²) in [6, 6.07) is 7.71. The van der Waals surface area contributed by atoms with Crippen LogP contribution in [-0.4, -0.2) is 40.7 Å². The van der Waals surface area contributed by atoms with Crippen LogP contribution in [0.1, 0.15) is 31.4 Å². The van der Waals surface area contributed by atoms with Gasteiger partial charge in [-0.2, -0.15) is 0 Å². The minimum atomic E-state index is -0.371. The minimum absolute atomic E-state index is 0.0334. The first-order chi connectivity index (χ1) is 9.52. The Kier molecular flexibility index (Phi) is 4.42. The monoisotopic (exact) mass is 274 g/mol. The van der Waals surface area contributed by atoms with Crippen molar-refractivity contribution in [2.45, 2.75) is 39.8 Å². The molecule has 0 spiro atoms. The van der Waals surface area contributed by atoms with Crippen molar-refractivity contribution < 1.29 is 9.59 Å². The van der Waals surface area contributed by atoms with Crippen LogP contribution in [0.15, 0.2) is 24.3 Å².